The fourth-order valence-electron chi connectivity index (χ4n) is 7.18. The minimum Gasteiger partial charge on any atom is -0.462 e. The Hall–Kier alpha value is -4.19. The van der Waals surface area contributed by atoms with Crippen LogP contribution in [0, 0.1) is 0 Å². The lowest BCUT2D eigenvalue weighted by Gasteiger charge is -2.18. The van der Waals surface area contributed by atoms with E-state index < -0.39 is 6.10 Å². The average molecular weight is 941 g/mol. The van der Waals surface area contributed by atoms with Crippen LogP contribution in [0.1, 0.15) is 233 Å². The normalized spacial score (nSPS) is 13.0. The molecule has 1 unspecified atom stereocenters. The van der Waals surface area contributed by atoms with Crippen LogP contribution < -0.4 is 0 Å². The molecule has 0 heterocycles. The van der Waals surface area contributed by atoms with Gasteiger partial charge in [-0.15, -0.1) is 0 Å². The molecular weight excluding hydrogens is 841 g/mol. The fourth-order valence-corrected chi connectivity index (χ4v) is 7.18. The van der Waals surface area contributed by atoms with Crippen LogP contribution in [0.25, 0.3) is 0 Å². The zero-order chi connectivity index (χ0) is 49.3. The Balaban J connectivity index is 4.51. The van der Waals surface area contributed by atoms with E-state index in [1.165, 1.54) is 70.6 Å². The van der Waals surface area contributed by atoms with E-state index >= 15 is 0 Å². The van der Waals surface area contributed by atoms with Crippen molar-refractivity contribution in [2.75, 3.05) is 13.2 Å². The third kappa shape index (κ3) is 52.8. The van der Waals surface area contributed by atoms with Gasteiger partial charge in [-0.05, 0) is 109 Å². The summed E-state index contributed by atoms with van der Waals surface area (Å²) in [6, 6.07) is 0. The van der Waals surface area contributed by atoms with E-state index in [0.717, 1.165) is 122 Å². The summed E-state index contributed by atoms with van der Waals surface area (Å²) in [6.45, 7) is 6.31. The van der Waals surface area contributed by atoms with Gasteiger partial charge in [0.25, 0.3) is 0 Å². The molecule has 0 aliphatic carbocycles. The van der Waals surface area contributed by atoms with E-state index in [4.69, 9.17) is 14.2 Å². The van der Waals surface area contributed by atoms with Crippen molar-refractivity contribution in [3.8, 4) is 0 Å². The highest BCUT2D eigenvalue weighted by Crippen LogP contribution is 2.14. The van der Waals surface area contributed by atoms with E-state index in [9.17, 15) is 14.4 Å². The summed E-state index contributed by atoms with van der Waals surface area (Å²) in [7, 11) is 0. The molecule has 0 spiro atoms. The predicted molar refractivity (Wildman–Crippen MR) is 293 cm³/mol. The lowest BCUT2D eigenvalue weighted by atomic mass is 10.1. The lowest BCUT2D eigenvalue weighted by molar-refractivity contribution is -0.167. The second kappa shape index (κ2) is 55.4. The summed E-state index contributed by atoms with van der Waals surface area (Å²) in [5, 5.41) is 0. The maximum Gasteiger partial charge on any atom is 0.306 e. The van der Waals surface area contributed by atoms with Crippen LogP contribution in [0.5, 0.6) is 0 Å². The van der Waals surface area contributed by atoms with Crippen molar-refractivity contribution >= 4 is 17.9 Å². The highest BCUT2D eigenvalue weighted by molar-refractivity contribution is 5.71. The number of hydrogen-bond donors (Lipinski definition) is 0. The van der Waals surface area contributed by atoms with Crippen LogP contribution >= 0.6 is 0 Å². The average Bonchev–Trinajstić information content (AvgIpc) is 3.34. The van der Waals surface area contributed by atoms with Gasteiger partial charge in [0.2, 0.25) is 0 Å². The molecule has 0 bridgehead atoms. The van der Waals surface area contributed by atoms with Crippen molar-refractivity contribution in [1.29, 1.82) is 0 Å². The van der Waals surface area contributed by atoms with Crippen molar-refractivity contribution in [3.63, 3.8) is 0 Å². The first-order chi connectivity index (χ1) is 33.5. The number of carbonyl (C=O) groups is 3. The molecule has 0 rings (SSSR count). The summed E-state index contributed by atoms with van der Waals surface area (Å²) >= 11 is 0. The molecule has 0 N–H and O–H groups in total. The molecule has 6 nitrogen and oxygen atoms in total. The third-order valence-electron chi connectivity index (χ3n) is 11.3. The van der Waals surface area contributed by atoms with Crippen LogP contribution in [-0.4, -0.2) is 37.2 Å². The molecule has 384 valence electrons. The molecular formula is C62H100O6. The summed E-state index contributed by atoms with van der Waals surface area (Å²) in [6.07, 6.45) is 76.2. The molecule has 0 radical (unpaired) electrons. The van der Waals surface area contributed by atoms with Gasteiger partial charge in [0.15, 0.2) is 6.10 Å². The van der Waals surface area contributed by atoms with Crippen LogP contribution in [0.15, 0.2) is 122 Å². The Bertz CT molecular complexity index is 1450. The van der Waals surface area contributed by atoms with Gasteiger partial charge in [0, 0.05) is 19.3 Å². The lowest BCUT2D eigenvalue weighted by Crippen LogP contribution is -2.30. The first kappa shape index (κ1) is 63.8. The van der Waals surface area contributed by atoms with Crippen LogP contribution in [0.2, 0.25) is 0 Å². The maximum absolute atomic E-state index is 12.8. The zero-order valence-corrected chi connectivity index (χ0v) is 43.8. The van der Waals surface area contributed by atoms with Gasteiger partial charge in [-0.3, -0.25) is 14.4 Å². The van der Waals surface area contributed by atoms with Gasteiger partial charge in [0.1, 0.15) is 13.2 Å². The van der Waals surface area contributed by atoms with E-state index in [0.29, 0.717) is 19.3 Å². The summed E-state index contributed by atoms with van der Waals surface area (Å²) < 4.78 is 16.8. The minimum absolute atomic E-state index is 0.115. The number of carbonyl (C=O) groups excluding carboxylic acids is 3. The van der Waals surface area contributed by atoms with Gasteiger partial charge in [-0.25, -0.2) is 0 Å². The van der Waals surface area contributed by atoms with Crippen LogP contribution in [0.3, 0.4) is 0 Å². The number of unbranched alkanes of at least 4 members (excludes halogenated alkanes) is 20. The molecule has 0 aromatic rings. The van der Waals surface area contributed by atoms with Crippen molar-refractivity contribution in [3.05, 3.63) is 122 Å². The highest BCUT2D eigenvalue weighted by Gasteiger charge is 2.19. The number of allylic oxidation sites excluding steroid dienone is 20. The highest BCUT2D eigenvalue weighted by atomic mass is 16.6. The standard InChI is InChI=1S/C62H100O6/c1-4-7-10-13-16-19-22-25-27-29-31-33-34-37-40-43-46-49-52-55-61(64)67-58-59(57-66-60(63)54-51-48-45-42-39-36-24-21-18-15-12-9-6-3)68-62(65)56-53-50-47-44-41-38-35-32-30-28-26-23-20-17-14-11-8-5-2/h7,9-10,12,15-16,18-19,21,24-25,27,31-33,35-37,39-40,59H,4-6,8,11,13-14,17,20,22-23,26,28-30,34,38,41-58H2,1-3H3/b10-7+,12-9+,18-15+,19-16+,24-21+,27-25+,33-31+,35-32+,39-36+,40-37+. The monoisotopic (exact) mass is 941 g/mol. The Morgan fingerprint density at radius 1 is 0.324 bits per heavy atom. The molecule has 0 saturated heterocycles. The van der Waals surface area contributed by atoms with Crippen molar-refractivity contribution in [2.45, 2.75) is 239 Å². The quantitative estimate of drug-likeness (QED) is 0.0199. The molecule has 0 aromatic heterocycles. The molecule has 0 aliphatic rings. The van der Waals surface area contributed by atoms with Crippen molar-refractivity contribution < 1.29 is 28.6 Å². The number of hydrogen-bond acceptors (Lipinski definition) is 6. The van der Waals surface area contributed by atoms with Crippen LogP contribution in [0.4, 0.5) is 0 Å². The van der Waals surface area contributed by atoms with Crippen molar-refractivity contribution in [1.82, 2.24) is 0 Å². The molecule has 0 amide bonds. The third-order valence-corrected chi connectivity index (χ3v) is 11.3. The van der Waals surface area contributed by atoms with Gasteiger partial charge in [-0.1, -0.05) is 226 Å². The minimum atomic E-state index is -0.816. The van der Waals surface area contributed by atoms with E-state index in [2.05, 4.69) is 106 Å². The SMILES string of the molecule is CC/C=C/C=C/C=C/C=C/CCCCCC(=O)OCC(COC(=O)CCCCC/C=C/C/C=C/C/C=C/C/C=C/C/C=C/CC)OC(=O)CCCCCCC/C=C/CCCCCCCCCCC. The van der Waals surface area contributed by atoms with E-state index in [1.807, 2.05) is 36.5 Å². The largest absolute Gasteiger partial charge is 0.462 e. The van der Waals surface area contributed by atoms with Gasteiger partial charge < -0.3 is 14.2 Å². The fraction of sp³-hybridized carbons (Fsp3) is 0.629. The topological polar surface area (TPSA) is 78.9 Å². The summed E-state index contributed by atoms with van der Waals surface area (Å²) in [4.78, 5) is 38.1. The second-order valence-electron chi connectivity index (χ2n) is 17.8. The van der Waals surface area contributed by atoms with E-state index in [-0.39, 0.29) is 31.1 Å². The first-order valence-electron chi connectivity index (χ1n) is 27.6. The smallest absolute Gasteiger partial charge is 0.306 e. The van der Waals surface area contributed by atoms with Crippen LogP contribution in [-0.2, 0) is 28.6 Å². The zero-order valence-electron chi connectivity index (χ0n) is 43.8. The summed E-state index contributed by atoms with van der Waals surface area (Å²) in [5.41, 5.74) is 0. The Morgan fingerprint density at radius 2 is 0.647 bits per heavy atom. The first-order valence-corrected chi connectivity index (χ1v) is 27.6. The van der Waals surface area contributed by atoms with E-state index in [1.54, 1.807) is 0 Å². The van der Waals surface area contributed by atoms with Crippen molar-refractivity contribution in [2.24, 2.45) is 0 Å². The Labute approximate surface area is 418 Å². The molecule has 0 fully saturated rings. The Kier molecular flexibility index (Phi) is 52.0. The van der Waals surface area contributed by atoms with Gasteiger partial charge in [0.05, 0.1) is 0 Å². The molecule has 0 saturated carbocycles. The second-order valence-corrected chi connectivity index (χ2v) is 17.8. The number of esters is 3. The van der Waals surface area contributed by atoms with Gasteiger partial charge in [-0.2, -0.15) is 0 Å². The molecule has 6 heteroatoms. The molecule has 68 heavy (non-hydrogen) atoms. The number of ether oxygens (including phenoxy) is 3. The summed E-state index contributed by atoms with van der Waals surface area (Å²) in [5.74, 6) is -0.995. The Morgan fingerprint density at radius 3 is 1.10 bits per heavy atom. The van der Waals surface area contributed by atoms with Gasteiger partial charge >= 0.3 is 17.9 Å². The number of rotatable bonds is 48. The molecule has 0 aliphatic heterocycles. The maximum atomic E-state index is 12.8. The predicted octanol–water partition coefficient (Wildman–Crippen LogP) is 18.5. The molecule has 1 atom stereocenters. The molecule has 0 aromatic carbocycles.